The van der Waals surface area contributed by atoms with E-state index in [2.05, 4.69) is 16.0 Å². The fraction of sp³-hybridized carbons (Fsp3) is 0.217. The largest absolute Gasteiger partial charge is 0.383 e. The minimum Gasteiger partial charge on any atom is -0.383 e. The first-order valence-corrected chi connectivity index (χ1v) is 9.91. The Morgan fingerprint density at radius 3 is 2.63 bits per heavy atom. The molecule has 0 aliphatic heterocycles. The average molecular weight is 423 g/mol. The number of nitriles is 1. The number of methoxy groups -OCH3 is 1. The molecule has 0 spiro atoms. The summed E-state index contributed by atoms with van der Waals surface area (Å²) in [6.45, 7) is 1.90. The van der Waals surface area contributed by atoms with E-state index < -0.39 is 0 Å². The summed E-state index contributed by atoms with van der Waals surface area (Å²) >= 11 is 6.31. The molecule has 7 heteroatoms. The molecule has 3 aromatic rings. The van der Waals surface area contributed by atoms with Crippen molar-refractivity contribution in [2.24, 2.45) is 0 Å². The standard InChI is InChI=1S/C23H23ClN4O2/c1-30-14-13-28(23(29)26-20-10-8-18(15-25)9-11-20)17-21-6-4-12-27(21)16-19-5-2-3-7-22(19)24/h2-12H,13-14,16-17H2,1H3,(H,26,29). The van der Waals surface area contributed by atoms with Gasteiger partial charge < -0.3 is 19.5 Å². The summed E-state index contributed by atoms with van der Waals surface area (Å²) in [5, 5.41) is 12.5. The summed E-state index contributed by atoms with van der Waals surface area (Å²) in [5.41, 5.74) is 3.18. The molecule has 1 N–H and O–H groups in total. The van der Waals surface area contributed by atoms with E-state index in [0.29, 0.717) is 42.5 Å². The highest BCUT2D eigenvalue weighted by Gasteiger charge is 2.16. The Bertz CT molecular complexity index is 1020. The van der Waals surface area contributed by atoms with Gasteiger partial charge in [-0.05, 0) is 48.0 Å². The van der Waals surface area contributed by atoms with Crippen LogP contribution < -0.4 is 5.32 Å². The number of halogens is 1. The molecule has 30 heavy (non-hydrogen) atoms. The highest BCUT2D eigenvalue weighted by atomic mass is 35.5. The number of hydrogen-bond acceptors (Lipinski definition) is 3. The lowest BCUT2D eigenvalue weighted by Gasteiger charge is -2.24. The van der Waals surface area contributed by atoms with E-state index in [9.17, 15) is 4.79 Å². The minimum atomic E-state index is -0.234. The van der Waals surface area contributed by atoms with Gasteiger partial charge in [0.05, 0.1) is 24.8 Å². The normalized spacial score (nSPS) is 10.4. The molecule has 0 saturated carbocycles. The SMILES string of the molecule is COCCN(Cc1cccn1Cc1ccccc1Cl)C(=O)Nc1ccc(C#N)cc1. The quantitative estimate of drug-likeness (QED) is 0.569. The summed E-state index contributed by atoms with van der Waals surface area (Å²) < 4.78 is 7.26. The Hall–Kier alpha value is -3.27. The molecular weight excluding hydrogens is 400 g/mol. The molecule has 1 heterocycles. The number of benzene rings is 2. The van der Waals surface area contributed by atoms with Crippen LogP contribution in [0.25, 0.3) is 0 Å². The zero-order valence-electron chi connectivity index (χ0n) is 16.7. The molecular formula is C23H23ClN4O2. The summed E-state index contributed by atoms with van der Waals surface area (Å²) in [5.74, 6) is 0. The molecule has 0 radical (unpaired) electrons. The smallest absolute Gasteiger partial charge is 0.322 e. The monoisotopic (exact) mass is 422 g/mol. The summed E-state index contributed by atoms with van der Waals surface area (Å²) in [6.07, 6.45) is 1.98. The van der Waals surface area contributed by atoms with Crippen molar-refractivity contribution in [2.75, 3.05) is 25.6 Å². The van der Waals surface area contributed by atoms with E-state index in [-0.39, 0.29) is 6.03 Å². The van der Waals surface area contributed by atoms with Crippen molar-refractivity contribution in [2.45, 2.75) is 13.1 Å². The van der Waals surface area contributed by atoms with Gasteiger partial charge in [0.25, 0.3) is 0 Å². The van der Waals surface area contributed by atoms with Crippen LogP contribution in [0, 0.1) is 11.3 Å². The minimum absolute atomic E-state index is 0.234. The average Bonchev–Trinajstić information content (AvgIpc) is 3.19. The zero-order valence-corrected chi connectivity index (χ0v) is 17.5. The second-order valence-electron chi connectivity index (χ2n) is 6.75. The van der Waals surface area contributed by atoms with Crippen molar-refractivity contribution in [3.63, 3.8) is 0 Å². The van der Waals surface area contributed by atoms with E-state index in [4.69, 9.17) is 21.6 Å². The Morgan fingerprint density at radius 1 is 1.17 bits per heavy atom. The second kappa shape index (κ2) is 10.5. The first-order valence-electron chi connectivity index (χ1n) is 9.53. The van der Waals surface area contributed by atoms with Crippen LogP contribution in [0.15, 0.2) is 66.9 Å². The van der Waals surface area contributed by atoms with Crippen LogP contribution in [-0.4, -0.2) is 35.8 Å². The number of amides is 2. The van der Waals surface area contributed by atoms with Crippen LogP contribution in [0.5, 0.6) is 0 Å². The summed E-state index contributed by atoms with van der Waals surface area (Å²) in [6, 6.07) is 20.3. The van der Waals surface area contributed by atoms with Crippen LogP contribution in [0.2, 0.25) is 5.02 Å². The maximum atomic E-state index is 12.9. The van der Waals surface area contributed by atoms with E-state index in [0.717, 1.165) is 11.3 Å². The van der Waals surface area contributed by atoms with Crippen molar-refractivity contribution in [3.8, 4) is 6.07 Å². The highest BCUT2D eigenvalue weighted by Crippen LogP contribution is 2.18. The molecule has 0 saturated heterocycles. The zero-order chi connectivity index (χ0) is 21.3. The summed E-state index contributed by atoms with van der Waals surface area (Å²) in [7, 11) is 1.61. The lowest BCUT2D eigenvalue weighted by Crippen LogP contribution is -2.37. The number of carbonyl (C=O) groups is 1. The van der Waals surface area contributed by atoms with Gasteiger partial charge in [0.1, 0.15) is 0 Å². The van der Waals surface area contributed by atoms with Crippen molar-refractivity contribution < 1.29 is 9.53 Å². The number of nitrogens with zero attached hydrogens (tertiary/aromatic N) is 3. The Morgan fingerprint density at radius 2 is 1.93 bits per heavy atom. The van der Waals surface area contributed by atoms with Gasteiger partial charge >= 0.3 is 6.03 Å². The Labute approximate surface area is 181 Å². The van der Waals surface area contributed by atoms with Crippen molar-refractivity contribution in [1.29, 1.82) is 5.26 Å². The third-order valence-corrected chi connectivity index (χ3v) is 5.06. The van der Waals surface area contributed by atoms with Crippen LogP contribution in [0.4, 0.5) is 10.5 Å². The fourth-order valence-electron chi connectivity index (χ4n) is 3.04. The number of rotatable bonds is 8. The second-order valence-corrected chi connectivity index (χ2v) is 7.16. The topological polar surface area (TPSA) is 70.3 Å². The molecule has 0 fully saturated rings. The molecule has 0 unspecified atom stereocenters. The maximum absolute atomic E-state index is 12.9. The van der Waals surface area contributed by atoms with Gasteiger partial charge in [-0.15, -0.1) is 0 Å². The molecule has 0 aliphatic rings. The van der Waals surface area contributed by atoms with Gasteiger partial charge in [0.15, 0.2) is 0 Å². The molecule has 154 valence electrons. The maximum Gasteiger partial charge on any atom is 0.322 e. The van der Waals surface area contributed by atoms with Crippen molar-refractivity contribution in [1.82, 2.24) is 9.47 Å². The number of nitrogens with one attached hydrogen (secondary N) is 1. The van der Waals surface area contributed by atoms with Crippen LogP contribution in [0.1, 0.15) is 16.8 Å². The van der Waals surface area contributed by atoms with Crippen LogP contribution >= 0.6 is 11.6 Å². The first-order chi connectivity index (χ1) is 14.6. The number of aromatic nitrogens is 1. The lowest BCUT2D eigenvalue weighted by atomic mass is 10.2. The molecule has 1 aromatic heterocycles. The Kier molecular flexibility index (Phi) is 7.50. The lowest BCUT2D eigenvalue weighted by molar-refractivity contribution is 0.152. The Balaban J connectivity index is 1.73. The van der Waals surface area contributed by atoms with Crippen LogP contribution in [-0.2, 0) is 17.8 Å². The van der Waals surface area contributed by atoms with Gasteiger partial charge in [-0.2, -0.15) is 5.26 Å². The number of carbonyl (C=O) groups excluding carboxylic acids is 1. The predicted molar refractivity (Wildman–Crippen MR) is 117 cm³/mol. The van der Waals surface area contributed by atoms with Gasteiger partial charge in [-0.25, -0.2) is 4.79 Å². The molecule has 0 aliphatic carbocycles. The number of ether oxygens (including phenoxy) is 1. The van der Waals surface area contributed by atoms with Gasteiger partial charge in [-0.1, -0.05) is 29.8 Å². The van der Waals surface area contributed by atoms with Crippen LogP contribution in [0.3, 0.4) is 0 Å². The van der Waals surface area contributed by atoms with Gasteiger partial charge in [-0.3, -0.25) is 0 Å². The van der Waals surface area contributed by atoms with E-state index in [1.54, 1.807) is 36.3 Å². The third-order valence-electron chi connectivity index (χ3n) is 4.69. The van der Waals surface area contributed by atoms with Gasteiger partial charge in [0, 0.05) is 42.8 Å². The number of anilines is 1. The van der Waals surface area contributed by atoms with E-state index in [1.165, 1.54) is 0 Å². The number of urea groups is 1. The molecule has 6 nitrogen and oxygen atoms in total. The van der Waals surface area contributed by atoms with E-state index >= 15 is 0 Å². The summed E-state index contributed by atoms with van der Waals surface area (Å²) in [4.78, 5) is 14.6. The van der Waals surface area contributed by atoms with Gasteiger partial charge in [0.2, 0.25) is 0 Å². The molecule has 2 amide bonds. The highest BCUT2D eigenvalue weighted by molar-refractivity contribution is 6.31. The van der Waals surface area contributed by atoms with E-state index in [1.807, 2.05) is 42.6 Å². The molecule has 0 bridgehead atoms. The molecule has 3 rings (SSSR count). The fourth-order valence-corrected chi connectivity index (χ4v) is 3.23. The predicted octanol–water partition coefficient (Wildman–Crippen LogP) is 4.74. The van der Waals surface area contributed by atoms with Crippen molar-refractivity contribution >= 4 is 23.3 Å². The van der Waals surface area contributed by atoms with Crippen molar-refractivity contribution in [3.05, 3.63) is 88.7 Å². The molecule has 2 aromatic carbocycles. The molecule has 0 atom stereocenters. The number of hydrogen-bond donors (Lipinski definition) is 1. The first kappa shape index (κ1) is 21.4. The third kappa shape index (κ3) is 5.63.